The third kappa shape index (κ3) is 2.64. The molecule has 0 aliphatic heterocycles. The predicted molar refractivity (Wildman–Crippen MR) is 33.3 cm³/mol. The Kier molecular flexibility index (Phi) is 3.29. The molecule has 0 heterocycles. The average molecular weight is 129 g/mol. The zero-order chi connectivity index (χ0) is 6.57. The van der Waals surface area contributed by atoms with E-state index in [0.717, 1.165) is 11.8 Å². The Balaban J connectivity index is 3.52. The van der Waals surface area contributed by atoms with Crippen LogP contribution in [0.3, 0.4) is 0 Å². The topological polar surface area (TPSA) is 40.9 Å². The van der Waals surface area contributed by atoms with Crippen molar-refractivity contribution < 1.29 is 4.79 Å². The Bertz CT molecular complexity index is 127. The number of nitriles is 1. The molecule has 0 saturated heterocycles. The summed E-state index contributed by atoms with van der Waals surface area (Å²) in [4.78, 5) is 10.4. The summed E-state index contributed by atoms with van der Waals surface area (Å²) in [5.74, 6) is 0.0524. The minimum absolute atomic E-state index is 0.0524. The van der Waals surface area contributed by atoms with Crippen LogP contribution in [-0.4, -0.2) is 11.0 Å². The Hall–Kier alpha value is -0.490. The maximum Gasteiger partial charge on any atom is 0.143 e. The normalized spacial score (nSPS) is 12.1. The van der Waals surface area contributed by atoms with Crippen LogP contribution >= 0.6 is 11.8 Å². The van der Waals surface area contributed by atoms with E-state index < -0.39 is 0 Å². The smallest absolute Gasteiger partial charge is 0.143 e. The molecule has 0 aliphatic carbocycles. The van der Waals surface area contributed by atoms with Gasteiger partial charge in [-0.3, -0.25) is 4.79 Å². The van der Waals surface area contributed by atoms with E-state index in [2.05, 4.69) is 0 Å². The highest BCUT2D eigenvalue weighted by molar-refractivity contribution is 8.04. The van der Waals surface area contributed by atoms with E-state index in [4.69, 9.17) is 5.26 Å². The highest BCUT2D eigenvalue weighted by Gasteiger charge is 2.05. The quantitative estimate of drug-likeness (QED) is 0.525. The molecule has 0 rings (SSSR count). The van der Waals surface area contributed by atoms with Gasteiger partial charge in [-0.2, -0.15) is 5.26 Å². The fourth-order valence-corrected chi connectivity index (χ4v) is 0.486. The van der Waals surface area contributed by atoms with E-state index >= 15 is 0 Å². The van der Waals surface area contributed by atoms with Gasteiger partial charge in [0.25, 0.3) is 0 Å². The second-order valence-corrected chi connectivity index (χ2v) is 2.59. The van der Waals surface area contributed by atoms with Crippen LogP contribution in [0.4, 0.5) is 0 Å². The first kappa shape index (κ1) is 7.51. The monoisotopic (exact) mass is 129 g/mol. The molecule has 0 aliphatic rings. The van der Waals surface area contributed by atoms with E-state index in [1.165, 1.54) is 6.92 Å². The van der Waals surface area contributed by atoms with Gasteiger partial charge >= 0.3 is 0 Å². The maximum atomic E-state index is 10.4. The molecule has 0 radical (unpaired) electrons. The van der Waals surface area contributed by atoms with E-state index in [9.17, 15) is 4.79 Å². The van der Waals surface area contributed by atoms with Crippen LogP contribution in [0.2, 0.25) is 0 Å². The van der Waals surface area contributed by atoms with Gasteiger partial charge in [0.2, 0.25) is 0 Å². The number of hydrogen-bond acceptors (Lipinski definition) is 3. The summed E-state index contributed by atoms with van der Waals surface area (Å²) in [6, 6.07) is 0. The van der Waals surface area contributed by atoms with Gasteiger partial charge in [0, 0.05) is 0 Å². The summed E-state index contributed by atoms with van der Waals surface area (Å²) >= 11 is 0.995. The first-order chi connectivity index (χ1) is 3.68. The Labute approximate surface area is 52.9 Å². The van der Waals surface area contributed by atoms with Crippen LogP contribution in [0.5, 0.6) is 0 Å². The van der Waals surface area contributed by atoms with Gasteiger partial charge in [-0.25, -0.2) is 0 Å². The summed E-state index contributed by atoms with van der Waals surface area (Å²) in [6.07, 6.45) is 0. The highest BCUT2D eigenvalue weighted by Crippen LogP contribution is 2.07. The van der Waals surface area contributed by atoms with Crippen LogP contribution in [0, 0.1) is 10.7 Å². The van der Waals surface area contributed by atoms with E-state index in [0.29, 0.717) is 0 Å². The number of carbonyl (C=O) groups excluding carboxylic acids is 1. The number of rotatable bonds is 2. The van der Waals surface area contributed by atoms with Gasteiger partial charge in [0.1, 0.15) is 11.2 Å². The zero-order valence-electron chi connectivity index (χ0n) is 4.84. The number of thiocyanates is 1. The molecule has 0 unspecified atom stereocenters. The second-order valence-electron chi connectivity index (χ2n) is 1.46. The molecule has 0 aromatic rings. The van der Waals surface area contributed by atoms with Crippen molar-refractivity contribution in [3.05, 3.63) is 0 Å². The minimum atomic E-state index is -0.167. The highest BCUT2D eigenvalue weighted by atomic mass is 32.2. The third-order valence-electron chi connectivity index (χ3n) is 0.802. The fraction of sp³-hybridized carbons (Fsp3) is 0.600. The lowest BCUT2D eigenvalue weighted by Crippen LogP contribution is -2.06. The molecule has 1 atom stereocenters. The number of Topliss-reactive ketones (excluding diaryl/α,β-unsaturated/α-hetero) is 1. The van der Waals surface area contributed by atoms with Crippen molar-refractivity contribution in [1.29, 1.82) is 5.26 Å². The third-order valence-corrected chi connectivity index (χ3v) is 1.59. The zero-order valence-corrected chi connectivity index (χ0v) is 5.66. The van der Waals surface area contributed by atoms with Gasteiger partial charge < -0.3 is 0 Å². The molecule has 0 aromatic heterocycles. The van der Waals surface area contributed by atoms with Gasteiger partial charge in [0.05, 0.1) is 5.25 Å². The van der Waals surface area contributed by atoms with Gasteiger partial charge in [-0.1, -0.05) is 0 Å². The van der Waals surface area contributed by atoms with Crippen molar-refractivity contribution >= 4 is 17.5 Å². The Morgan fingerprint density at radius 2 is 2.38 bits per heavy atom. The largest absolute Gasteiger partial charge is 0.299 e. The fourth-order valence-electron chi connectivity index (χ4n) is 0.162. The summed E-state index contributed by atoms with van der Waals surface area (Å²) in [7, 11) is 0. The number of ketones is 1. The Morgan fingerprint density at radius 1 is 1.88 bits per heavy atom. The number of thioether (sulfide) groups is 1. The molecule has 0 spiro atoms. The predicted octanol–water partition coefficient (Wildman–Crippen LogP) is 1.18. The molecule has 44 valence electrons. The molecule has 0 fully saturated rings. The van der Waals surface area contributed by atoms with Crippen molar-refractivity contribution in [2.45, 2.75) is 19.1 Å². The van der Waals surface area contributed by atoms with Crippen molar-refractivity contribution in [2.75, 3.05) is 0 Å². The van der Waals surface area contributed by atoms with Crippen molar-refractivity contribution in [1.82, 2.24) is 0 Å². The molecule has 0 N–H and O–H groups in total. The Morgan fingerprint density at radius 3 is 2.50 bits per heavy atom. The van der Waals surface area contributed by atoms with Crippen molar-refractivity contribution in [2.24, 2.45) is 0 Å². The molecule has 0 saturated carbocycles. The van der Waals surface area contributed by atoms with E-state index in [-0.39, 0.29) is 11.0 Å². The standard InChI is InChI=1S/C5H7NOS/c1-4(7)5(2)8-3-6/h5H,1-2H3/t5-/m0/s1. The molecular weight excluding hydrogens is 122 g/mol. The molecule has 0 bridgehead atoms. The minimum Gasteiger partial charge on any atom is -0.299 e. The SMILES string of the molecule is CC(=O)[C@H](C)SC#N. The lowest BCUT2D eigenvalue weighted by Gasteiger charge is -1.95. The summed E-state index contributed by atoms with van der Waals surface area (Å²) in [5.41, 5.74) is 0. The second kappa shape index (κ2) is 3.50. The molecule has 0 aromatic carbocycles. The van der Waals surface area contributed by atoms with Crippen LogP contribution in [0.1, 0.15) is 13.8 Å². The molecule has 2 nitrogen and oxygen atoms in total. The summed E-state index contributed by atoms with van der Waals surface area (Å²) in [5, 5.41) is 9.72. The van der Waals surface area contributed by atoms with Crippen molar-refractivity contribution in [3.63, 3.8) is 0 Å². The van der Waals surface area contributed by atoms with Crippen LogP contribution < -0.4 is 0 Å². The maximum absolute atomic E-state index is 10.4. The van der Waals surface area contributed by atoms with E-state index in [1.54, 1.807) is 6.92 Å². The van der Waals surface area contributed by atoms with Crippen LogP contribution in [0.15, 0.2) is 0 Å². The lowest BCUT2D eigenvalue weighted by atomic mass is 10.3. The first-order valence-corrected chi connectivity index (χ1v) is 3.11. The average Bonchev–Trinajstić information content (AvgIpc) is 1.67. The van der Waals surface area contributed by atoms with E-state index in [1.807, 2.05) is 5.40 Å². The van der Waals surface area contributed by atoms with Gasteiger partial charge in [-0.05, 0) is 25.6 Å². The molecular formula is C5H7NOS. The van der Waals surface area contributed by atoms with Gasteiger partial charge in [-0.15, -0.1) is 0 Å². The number of nitrogens with zero attached hydrogens (tertiary/aromatic N) is 1. The molecule has 3 heteroatoms. The lowest BCUT2D eigenvalue weighted by molar-refractivity contribution is -0.116. The summed E-state index contributed by atoms with van der Waals surface area (Å²) < 4.78 is 0. The first-order valence-electron chi connectivity index (χ1n) is 2.23. The van der Waals surface area contributed by atoms with Crippen LogP contribution in [0.25, 0.3) is 0 Å². The van der Waals surface area contributed by atoms with Crippen molar-refractivity contribution in [3.8, 4) is 5.40 Å². The molecule has 0 amide bonds. The van der Waals surface area contributed by atoms with Gasteiger partial charge in [0.15, 0.2) is 0 Å². The molecule has 8 heavy (non-hydrogen) atoms. The van der Waals surface area contributed by atoms with Crippen LogP contribution in [-0.2, 0) is 4.79 Å². The number of hydrogen-bond donors (Lipinski definition) is 0. The number of carbonyl (C=O) groups is 1. The summed E-state index contributed by atoms with van der Waals surface area (Å²) in [6.45, 7) is 3.20.